The zero-order chi connectivity index (χ0) is 13.7. The summed E-state index contributed by atoms with van der Waals surface area (Å²) < 4.78 is 37.3. The molecule has 4 heteroatoms. The summed E-state index contributed by atoms with van der Waals surface area (Å²) in [4.78, 5) is 0. The molecule has 4 nitrogen and oxygen atoms in total. The van der Waals surface area contributed by atoms with E-state index in [2.05, 4.69) is 5.32 Å². The average molecular weight is 226 g/mol. The maximum Gasteiger partial charge on any atom is 0.161 e. The van der Waals surface area contributed by atoms with Gasteiger partial charge in [-0.25, -0.2) is 0 Å². The molecular weight excluding hydrogens is 206 g/mol. The van der Waals surface area contributed by atoms with Crippen LogP contribution in [0.15, 0.2) is 24.3 Å². The third kappa shape index (κ3) is 2.87. The van der Waals surface area contributed by atoms with Gasteiger partial charge in [-0.2, -0.15) is 0 Å². The second-order valence-electron chi connectivity index (χ2n) is 3.56. The molecule has 1 saturated heterocycles. The highest BCUT2D eigenvalue weighted by atomic mass is 16.5. The van der Waals surface area contributed by atoms with E-state index in [1.54, 1.807) is 24.3 Å². The first-order chi connectivity index (χ1) is 9.04. The van der Waals surface area contributed by atoms with Crippen molar-refractivity contribution in [2.75, 3.05) is 33.3 Å². The van der Waals surface area contributed by atoms with Gasteiger partial charge in [0, 0.05) is 13.1 Å². The number of morpholine rings is 1. The lowest BCUT2D eigenvalue weighted by Crippen LogP contribution is -2.41. The highest BCUT2D eigenvalue weighted by Gasteiger charge is 2.14. The molecule has 0 spiro atoms. The summed E-state index contributed by atoms with van der Waals surface area (Å²) in [5.74, 6) is 0.624. The number of methoxy groups -OCH3 is 1. The highest BCUT2D eigenvalue weighted by molar-refractivity contribution is 5.39. The van der Waals surface area contributed by atoms with E-state index in [9.17, 15) is 0 Å². The fraction of sp³-hybridized carbons (Fsp3) is 0.500. The lowest BCUT2D eigenvalue weighted by molar-refractivity contribution is -0.000263. The number of nitrogens with one attached hydrogen (secondary N) is 1. The smallest absolute Gasteiger partial charge is 0.161 e. The van der Waals surface area contributed by atoms with Crippen molar-refractivity contribution in [3.63, 3.8) is 0 Å². The van der Waals surface area contributed by atoms with Crippen molar-refractivity contribution in [1.29, 1.82) is 0 Å². The van der Waals surface area contributed by atoms with Crippen LogP contribution in [-0.2, 0) is 4.74 Å². The third-order valence-corrected chi connectivity index (χ3v) is 2.39. The van der Waals surface area contributed by atoms with Crippen LogP contribution in [0.4, 0.5) is 0 Å². The van der Waals surface area contributed by atoms with Crippen molar-refractivity contribution in [2.24, 2.45) is 0 Å². The van der Waals surface area contributed by atoms with Crippen molar-refractivity contribution in [3.8, 4) is 11.5 Å². The van der Waals surface area contributed by atoms with Crippen molar-refractivity contribution in [1.82, 2.24) is 5.32 Å². The number of para-hydroxylation sites is 2. The van der Waals surface area contributed by atoms with Crippen LogP contribution in [0.25, 0.3) is 0 Å². The van der Waals surface area contributed by atoms with Crippen LogP contribution in [0.2, 0.25) is 0 Å². The van der Waals surface area contributed by atoms with E-state index < -0.39 is 7.04 Å². The van der Waals surface area contributed by atoms with Gasteiger partial charge < -0.3 is 19.5 Å². The number of hydrogen-bond donors (Lipinski definition) is 1. The zero-order valence-electron chi connectivity index (χ0n) is 11.9. The maximum absolute atomic E-state index is 7.11. The minimum Gasteiger partial charge on any atom is -0.493 e. The molecule has 1 aliphatic rings. The molecule has 0 radical (unpaired) electrons. The Morgan fingerprint density at radius 3 is 3.12 bits per heavy atom. The Morgan fingerprint density at radius 2 is 2.38 bits per heavy atom. The first-order valence-electron chi connectivity index (χ1n) is 6.78. The minimum atomic E-state index is -2.48. The van der Waals surface area contributed by atoms with Crippen LogP contribution in [0.1, 0.15) is 4.11 Å². The van der Waals surface area contributed by atoms with Gasteiger partial charge in [0.05, 0.1) is 17.8 Å². The molecule has 0 aliphatic carbocycles. The molecule has 1 atom stereocenters. The predicted octanol–water partition coefficient (Wildman–Crippen LogP) is 1.06. The maximum atomic E-state index is 7.11. The second-order valence-corrected chi connectivity index (χ2v) is 3.56. The number of hydrogen-bond acceptors (Lipinski definition) is 4. The van der Waals surface area contributed by atoms with Gasteiger partial charge in [0.25, 0.3) is 0 Å². The molecule has 0 aromatic heterocycles. The van der Waals surface area contributed by atoms with Gasteiger partial charge in [-0.3, -0.25) is 0 Å². The number of ether oxygens (including phenoxy) is 3. The van der Waals surface area contributed by atoms with Gasteiger partial charge in [0.2, 0.25) is 0 Å². The van der Waals surface area contributed by atoms with E-state index in [-0.39, 0.29) is 11.9 Å². The molecule has 1 aliphatic heterocycles. The molecule has 88 valence electrons. The van der Waals surface area contributed by atoms with E-state index in [1.807, 2.05) is 0 Å². The molecule has 1 aromatic rings. The summed E-state index contributed by atoms with van der Waals surface area (Å²) in [6, 6.07) is 6.72. The van der Waals surface area contributed by atoms with Crippen LogP contribution < -0.4 is 14.8 Å². The number of rotatable bonds is 4. The molecular formula is C12H17NO3. The molecule has 1 aromatic carbocycles. The molecule has 16 heavy (non-hydrogen) atoms. The lowest BCUT2D eigenvalue weighted by Gasteiger charge is -2.23. The van der Waals surface area contributed by atoms with Gasteiger partial charge >= 0.3 is 0 Å². The van der Waals surface area contributed by atoms with Gasteiger partial charge in [0.15, 0.2) is 11.5 Å². The lowest BCUT2D eigenvalue weighted by atomic mass is 10.3. The summed E-state index contributed by atoms with van der Waals surface area (Å²) >= 11 is 0. The first kappa shape index (κ1) is 7.92. The monoisotopic (exact) mass is 226 g/mol. The topological polar surface area (TPSA) is 39.7 Å². The Labute approximate surface area is 99.7 Å². The molecule has 1 fully saturated rings. The Bertz CT molecular complexity index is 405. The largest absolute Gasteiger partial charge is 0.493 e. The van der Waals surface area contributed by atoms with E-state index in [4.69, 9.17) is 18.3 Å². The SMILES string of the molecule is [2H]C([2H])([2H])Oc1ccccc1OCC1CNCCO1. The fourth-order valence-corrected chi connectivity index (χ4v) is 1.56. The van der Waals surface area contributed by atoms with Crippen LogP contribution >= 0.6 is 0 Å². The van der Waals surface area contributed by atoms with E-state index >= 15 is 0 Å². The van der Waals surface area contributed by atoms with Crippen LogP contribution in [0, 0.1) is 0 Å². The standard InChI is InChI=1S/C12H17NO3/c1-14-11-4-2-3-5-12(11)16-9-10-8-13-6-7-15-10/h2-5,10,13H,6-9H2,1H3/i1D3. The Kier molecular flexibility index (Phi) is 2.83. The van der Waals surface area contributed by atoms with Gasteiger partial charge in [-0.05, 0) is 12.1 Å². The molecule has 1 unspecified atom stereocenters. The second kappa shape index (κ2) is 5.72. The predicted molar refractivity (Wildman–Crippen MR) is 61.1 cm³/mol. The van der Waals surface area contributed by atoms with Gasteiger partial charge in [-0.15, -0.1) is 0 Å². The van der Waals surface area contributed by atoms with Gasteiger partial charge in [-0.1, -0.05) is 12.1 Å². The molecule has 2 rings (SSSR count). The summed E-state index contributed by atoms with van der Waals surface area (Å²) in [5.41, 5.74) is 0. The van der Waals surface area contributed by atoms with Crippen molar-refractivity contribution >= 4 is 0 Å². The minimum absolute atomic E-state index is 0.0328. The van der Waals surface area contributed by atoms with E-state index in [0.717, 1.165) is 13.1 Å². The van der Waals surface area contributed by atoms with Crippen LogP contribution in [-0.4, -0.2) is 39.4 Å². The van der Waals surface area contributed by atoms with Crippen LogP contribution in [0.5, 0.6) is 11.5 Å². The van der Waals surface area contributed by atoms with Gasteiger partial charge in [0.1, 0.15) is 12.7 Å². The zero-order valence-corrected chi connectivity index (χ0v) is 8.94. The Hall–Kier alpha value is -1.26. The molecule has 0 bridgehead atoms. The van der Waals surface area contributed by atoms with E-state index in [1.165, 1.54) is 0 Å². The van der Waals surface area contributed by atoms with Crippen LogP contribution in [0.3, 0.4) is 0 Å². The van der Waals surface area contributed by atoms with Crippen molar-refractivity contribution < 1.29 is 18.3 Å². The first-order valence-corrected chi connectivity index (χ1v) is 5.28. The van der Waals surface area contributed by atoms with Crippen molar-refractivity contribution in [3.05, 3.63) is 24.3 Å². The number of benzene rings is 1. The third-order valence-electron chi connectivity index (χ3n) is 2.39. The molecule has 1 N–H and O–H groups in total. The molecule has 0 saturated carbocycles. The fourth-order valence-electron chi connectivity index (χ4n) is 1.56. The summed E-state index contributed by atoms with van der Waals surface area (Å²) in [6.07, 6.45) is -0.0328. The molecule has 0 amide bonds. The van der Waals surface area contributed by atoms with E-state index in [0.29, 0.717) is 19.0 Å². The Morgan fingerprint density at radius 1 is 1.50 bits per heavy atom. The summed E-state index contributed by atoms with van der Waals surface area (Å²) in [5, 5.41) is 3.20. The molecule has 1 heterocycles. The summed E-state index contributed by atoms with van der Waals surface area (Å²) in [7, 11) is -2.48. The normalized spacial score (nSPS) is 24.0. The quantitative estimate of drug-likeness (QED) is 0.833. The Balaban J connectivity index is 1.95. The highest BCUT2D eigenvalue weighted by Crippen LogP contribution is 2.25. The summed E-state index contributed by atoms with van der Waals surface area (Å²) in [6.45, 7) is 2.58. The average Bonchev–Trinajstić information content (AvgIpc) is 2.37. The van der Waals surface area contributed by atoms with Crippen molar-refractivity contribution in [2.45, 2.75) is 6.10 Å².